The number of ether oxygens (including phenoxy) is 1. The molecule has 0 radical (unpaired) electrons. The Labute approximate surface area is 158 Å². The smallest absolute Gasteiger partial charge is 0.236 e. The average Bonchev–Trinajstić information content (AvgIpc) is 2.67. The molecule has 1 aromatic carbocycles. The van der Waals surface area contributed by atoms with Gasteiger partial charge in [0.15, 0.2) is 5.82 Å². The molecule has 0 bridgehead atoms. The monoisotopic (exact) mass is 394 g/mol. The molecule has 0 atom stereocenters. The van der Waals surface area contributed by atoms with Crippen molar-refractivity contribution >= 4 is 21.5 Å². The Morgan fingerprint density at radius 3 is 2.59 bits per heavy atom. The fourth-order valence-corrected chi connectivity index (χ4v) is 3.97. The molecule has 7 nitrogen and oxygen atoms in total. The molecule has 9 heteroatoms. The van der Waals surface area contributed by atoms with Crippen LogP contribution in [-0.2, 0) is 14.8 Å². The van der Waals surface area contributed by atoms with Crippen molar-refractivity contribution in [3.05, 3.63) is 36.1 Å². The second-order valence-corrected chi connectivity index (χ2v) is 8.27. The molecule has 2 aromatic rings. The molecule has 2 heterocycles. The summed E-state index contributed by atoms with van der Waals surface area (Å²) in [5, 5.41) is 8.10. The Bertz CT molecular complexity index is 869. The number of nitrogens with zero attached hydrogens (tertiary/aromatic N) is 3. The van der Waals surface area contributed by atoms with Crippen molar-refractivity contribution in [3.63, 3.8) is 0 Å². The molecule has 1 aliphatic rings. The van der Waals surface area contributed by atoms with E-state index in [1.165, 1.54) is 25.7 Å². The summed E-state index contributed by atoms with van der Waals surface area (Å²) in [4.78, 5) is 2.16. The number of aromatic nitrogens is 2. The number of hydrogen-bond acceptors (Lipinski definition) is 6. The normalized spacial score (nSPS) is 15.0. The second-order valence-electron chi connectivity index (χ2n) is 6.43. The summed E-state index contributed by atoms with van der Waals surface area (Å²) >= 11 is 0. The van der Waals surface area contributed by atoms with Crippen LogP contribution < -0.4 is 9.62 Å². The third-order valence-electron chi connectivity index (χ3n) is 4.41. The van der Waals surface area contributed by atoms with Crippen LogP contribution in [-0.4, -0.2) is 51.2 Å². The van der Waals surface area contributed by atoms with Crippen molar-refractivity contribution in [2.45, 2.75) is 19.3 Å². The zero-order chi connectivity index (χ0) is 19.3. The molecule has 0 saturated carbocycles. The number of hydrogen-bond donors (Lipinski definition) is 1. The van der Waals surface area contributed by atoms with Crippen molar-refractivity contribution in [2.75, 3.05) is 42.2 Å². The van der Waals surface area contributed by atoms with Gasteiger partial charge in [0.25, 0.3) is 0 Å². The summed E-state index contributed by atoms with van der Waals surface area (Å²) in [7, 11) is -2.10. The first-order valence-electron chi connectivity index (χ1n) is 8.86. The molecule has 146 valence electrons. The van der Waals surface area contributed by atoms with Crippen LogP contribution in [0.1, 0.15) is 19.3 Å². The van der Waals surface area contributed by atoms with Gasteiger partial charge in [0.1, 0.15) is 5.82 Å². The van der Waals surface area contributed by atoms with Crippen LogP contribution in [0.25, 0.3) is 11.3 Å². The predicted octanol–water partition coefficient (Wildman–Crippen LogP) is 2.66. The number of halogens is 1. The maximum atomic E-state index is 13.8. The van der Waals surface area contributed by atoms with Crippen LogP contribution in [0.4, 0.5) is 15.9 Å². The highest BCUT2D eigenvalue weighted by molar-refractivity contribution is 7.92. The van der Waals surface area contributed by atoms with E-state index in [0.717, 1.165) is 37.2 Å². The van der Waals surface area contributed by atoms with Gasteiger partial charge in [-0.15, -0.1) is 10.2 Å². The fourth-order valence-electron chi connectivity index (χ4n) is 3.05. The third-order valence-corrected chi connectivity index (χ3v) is 5.64. The van der Waals surface area contributed by atoms with E-state index in [9.17, 15) is 12.8 Å². The maximum Gasteiger partial charge on any atom is 0.236 e. The summed E-state index contributed by atoms with van der Waals surface area (Å²) in [6.45, 7) is 1.85. The third kappa shape index (κ3) is 5.14. The van der Waals surface area contributed by atoms with Gasteiger partial charge in [-0.3, -0.25) is 4.72 Å². The maximum absolute atomic E-state index is 13.8. The molecule has 1 saturated heterocycles. The quantitative estimate of drug-likeness (QED) is 0.777. The minimum atomic E-state index is -3.54. The Kier molecular flexibility index (Phi) is 6.22. The first-order valence-corrected chi connectivity index (χ1v) is 10.5. The molecule has 0 spiro atoms. The van der Waals surface area contributed by atoms with E-state index >= 15 is 0 Å². The number of piperidine rings is 1. The summed E-state index contributed by atoms with van der Waals surface area (Å²) < 4.78 is 44.8. The number of anilines is 2. The van der Waals surface area contributed by atoms with Gasteiger partial charge in [0.2, 0.25) is 10.0 Å². The summed E-state index contributed by atoms with van der Waals surface area (Å²) in [5.74, 6) is -0.324. The first-order chi connectivity index (χ1) is 13.0. The lowest BCUT2D eigenvalue weighted by Gasteiger charge is -2.30. The van der Waals surface area contributed by atoms with Crippen LogP contribution in [0.2, 0.25) is 0 Å². The van der Waals surface area contributed by atoms with E-state index in [1.807, 2.05) is 0 Å². The molecule has 1 fully saturated rings. The summed E-state index contributed by atoms with van der Waals surface area (Å²) in [5.41, 5.74) is 2.13. The SMILES string of the molecule is COCCS(=O)(=O)Nc1ccc(-c2ccc(F)cc2N2CCCCC2)nn1. The highest BCUT2D eigenvalue weighted by atomic mass is 32.2. The Morgan fingerprint density at radius 2 is 1.93 bits per heavy atom. The van der Waals surface area contributed by atoms with Gasteiger partial charge < -0.3 is 9.64 Å². The molecule has 0 aliphatic carbocycles. The molecule has 1 N–H and O–H groups in total. The van der Waals surface area contributed by atoms with Gasteiger partial charge in [-0.2, -0.15) is 0 Å². The van der Waals surface area contributed by atoms with Crippen molar-refractivity contribution in [3.8, 4) is 11.3 Å². The number of methoxy groups -OCH3 is 1. The molecule has 0 unspecified atom stereocenters. The number of sulfonamides is 1. The lowest BCUT2D eigenvalue weighted by molar-refractivity contribution is 0.217. The van der Waals surface area contributed by atoms with Crippen LogP contribution in [0.3, 0.4) is 0 Å². The van der Waals surface area contributed by atoms with E-state index in [2.05, 4.69) is 19.8 Å². The number of benzene rings is 1. The lowest BCUT2D eigenvalue weighted by atomic mass is 10.0. The zero-order valence-corrected chi connectivity index (χ0v) is 16.0. The molecule has 3 rings (SSSR count). The van der Waals surface area contributed by atoms with E-state index in [0.29, 0.717) is 5.69 Å². The van der Waals surface area contributed by atoms with Crippen molar-refractivity contribution in [2.24, 2.45) is 0 Å². The van der Waals surface area contributed by atoms with Crippen molar-refractivity contribution in [1.82, 2.24) is 10.2 Å². The van der Waals surface area contributed by atoms with Gasteiger partial charge >= 0.3 is 0 Å². The molecular formula is C18H23FN4O3S. The average molecular weight is 394 g/mol. The highest BCUT2D eigenvalue weighted by Crippen LogP contribution is 2.32. The van der Waals surface area contributed by atoms with E-state index < -0.39 is 10.0 Å². The minimum absolute atomic E-state index is 0.0929. The van der Waals surface area contributed by atoms with Crippen molar-refractivity contribution < 1.29 is 17.5 Å². The van der Waals surface area contributed by atoms with Crippen LogP contribution in [0.15, 0.2) is 30.3 Å². The summed E-state index contributed by atoms with van der Waals surface area (Å²) in [6.07, 6.45) is 3.33. The molecule has 1 aliphatic heterocycles. The topological polar surface area (TPSA) is 84.4 Å². The molecule has 27 heavy (non-hydrogen) atoms. The molecule has 0 amide bonds. The van der Waals surface area contributed by atoms with E-state index in [4.69, 9.17) is 4.74 Å². The van der Waals surface area contributed by atoms with Gasteiger partial charge in [-0.1, -0.05) is 0 Å². The standard InChI is InChI=1S/C18H23FN4O3S/c1-26-11-12-27(24,25)22-18-8-7-16(20-21-18)15-6-5-14(19)13-17(15)23-9-3-2-4-10-23/h5-8,13H,2-4,9-12H2,1H3,(H,21,22). The fraction of sp³-hybridized carbons (Fsp3) is 0.444. The van der Waals surface area contributed by atoms with E-state index in [-0.39, 0.29) is 24.0 Å². The number of rotatable bonds is 7. The van der Waals surface area contributed by atoms with Gasteiger partial charge in [0, 0.05) is 31.5 Å². The second kappa shape index (κ2) is 8.62. The highest BCUT2D eigenvalue weighted by Gasteiger charge is 2.18. The lowest BCUT2D eigenvalue weighted by Crippen LogP contribution is -2.30. The van der Waals surface area contributed by atoms with Crippen LogP contribution >= 0.6 is 0 Å². The first kappa shape index (κ1) is 19.5. The van der Waals surface area contributed by atoms with Crippen LogP contribution in [0.5, 0.6) is 0 Å². The Balaban J connectivity index is 1.83. The van der Waals surface area contributed by atoms with Gasteiger partial charge in [-0.25, -0.2) is 12.8 Å². The summed E-state index contributed by atoms with van der Waals surface area (Å²) in [6, 6.07) is 7.83. The Hall–Kier alpha value is -2.26. The van der Waals surface area contributed by atoms with Gasteiger partial charge in [0.05, 0.1) is 18.1 Å². The zero-order valence-electron chi connectivity index (χ0n) is 15.2. The largest absolute Gasteiger partial charge is 0.384 e. The van der Waals surface area contributed by atoms with Crippen molar-refractivity contribution in [1.29, 1.82) is 0 Å². The Morgan fingerprint density at radius 1 is 1.15 bits per heavy atom. The van der Waals surface area contributed by atoms with E-state index in [1.54, 1.807) is 18.2 Å². The van der Waals surface area contributed by atoms with Crippen LogP contribution in [0, 0.1) is 5.82 Å². The molecular weight excluding hydrogens is 371 g/mol. The predicted molar refractivity (Wildman–Crippen MR) is 103 cm³/mol. The van der Waals surface area contributed by atoms with Gasteiger partial charge in [-0.05, 0) is 49.6 Å². The molecule has 1 aromatic heterocycles. The minimum Gasteiger partial charge on any atom is -0.384 e. The number of nitrogens with one attached hydrogen (secondary N) is 1.